The van der Waals surface area contributed by atoms with E-state index in [1.165, 1.54) is 37.8 Å². The molecule has 3 aliphatic heterocycles. The van der Waals surface area contributed by atoms with Crippen molar-refractivity contribution in [1.29, 1.82) is 0 Å². The Labute approximate surface area is 215 Å². The number of carbonyl (C=O) groups excluding carboxylic acids is 1. The molecule has 190 valence electrons. The zero-order chi connectivity index (χ0) is 25.0. The number of carbonyl (C=O) groups is 1. The molecular formula is C27H31ClFN5O2. The van der Waals surface area contributed by atoms with Crippen LogP contribution in [0.5, 0.6) is 5.75 Å². The van der Waals surface area contributed by atoms with Crippen molar-refractivity contribution < 1.29 is 13.9 Å². The van der Waals surface area contributed by atoms with Gasteiger partial charge in [-0.3, -0.25) is 9.69 Å². The number of nitrogens with zero attached hydrogens (tertiary/aromatic N) is 5. The maximum absolute atomic E-state index is 14.3. The number of hydrogen-bond acceptors (Lipinski definition) is 5. The van der Waals surface area contributed by atoms with E-state index in [1.807, 2.05) is 6.92 Å². The Morgan fingerprint density at radius 3 is 2.75 bits per heavy atom. The lowest BCUT2D eigenvalue weighted by molar-refractivity contribution is 0.0471. The number of amides is 1. The van der Waals surface area contributed by atoms with Gasteiger partial charge in [0.15, 0.2) is 5.65 Å². The second kappa shape index (κ2) is 9.30. The van der Waals surface area contributed by atoms with Crippen molar-refractivity contribution in [2.24, 2.45) is 0 Å². The van der Waals surface area contributed by atoms with Gasteiger partial charge in [0.25, 0.3) is 5.91 Å². The van der Waals surface area contributed by atoms with Crippen molar-refractivity contribution in [2.75, 3.05) is 6.54 Å². The third-order valence-electron chi connectivity index (χ3n) is 8.06. The number of ether oxygens (including phenoxy) is 1. The van der Waals surface area contributed by atoms with Crippen LogP contribution < -0.4 is 4.74 Å². The van der Waals surface area contributed by atoms with Gasteiger partial charge in [-0.25, -0.2) is 13.9 Å². The van der Waals surface area contributed by atoms with Crippen LogP contribution in [-0.4, -0.2) is 55.0 Å². The van der Waals surface area contributed by atoms with Crippen LogP contribution in [0.15, 0.2) is 24.4 Å². The van der Waals surface area contributed by atoms with Crippen molar-refractivity contribution >= 4 is 23.2 Å². The van der Waals surface area contributed by atoms with E-state index in [2.05, 4.69) is 21.9 Å². The normalized spacial score (nSPS) is 23.4. The van der Waals surface area contributed by atoms with Crippen LogP contribution in [-0.2, 0) is 13.1 Å². The van der Waals surface area contributed by atoms with E-state index in [9.17, 15) is 9.18 Å². The van der Waals surface area contributed by atoms with E-state index in [-0.39, 0.29) is 12.0 Å². The lowest BCUT2D eigenvalue weighted by atomic mass is 9.99. The molecule has 0 spiro atoms. The fourth-order valence-corrected chi connectivity index (χ4v) is 6.30. The first-order valence-corrected chi connectivity index (χ1v) is 13.3. The molecule has 2 fully saturated rings. The van der Waals surface area contributed by atoms with E-state index in [0.717, 1.165) is 36.3 Å². The lowest BCUT2D eigenvalue weighted by Gasteiger charge is -2.39. The van der Waals surface area contributed by atoms with E-state index in [1.54, 1.807) is 21.7 Å². The summed E-state index contributed by atoms with van der Waals surface area (Å²) in [6.07, 6.45) is 8.24. The highest BCUT2D eigenvalue weighted by molar-refractivity contribution is 6.31. The van der Waals surface area contributed by atoms with Crippen molar-refractivity contribution in [2.45, 2.75) is 83.6 Å². The molecule has 0 N–H and O–H groups in total. The van der Waals surface area contributed by atoms with Gasteiger partial charge in [0.2, 0.25) is 0 Å². The molecule has 2 aromatic heterocycles. The maximum Gasteiger partial charge on any atom is 0.258 e. The van der Waals surface area contributed by atoms with Crippen LogP contribution >= 0.6 is 11.6 Å². The maximum atomic E-state index is 14.3. The number of rotatable bonds is 6. The molecule has 9 heteroatoms. The predicted molar refractivity (Wildman–Crippen MR) is 135 cm³/mol. The highest BCUT2D eigenvalue weighted by Crippen LogP contribution is 2.38. The van der Waals surface area contributed by atoms with Gasteiger partial charge >= 0.3 is 0 Å². The van der Waals surface area contributed by atoms with Gasteiger partial charge in [-0.1, -0.05) is 24.9 Å². The van der Waals surface area contributed by atoms with Crippen LogP contribution in [0.4, 0.5) is 4.39 Å². The average Bonchev–Trinajstić information content (AvgIpc) is 3.49. The van der Waals surface area contributed by atoms with Gasteiger partial charge in [-0.2, -0.15) is 5.10 Å². The molecule has 7 nitrogen and oxygen atoms in total. The quantitative estimate of drug-likeness (QED) is 0.457. The molecule has 0 unspecified atom stereocenters. The molecule has 1 amide bonds. The number of hydrogen-bond donors (Lipinski definition) is 0. The van der Waals surface area contributed by atoms with Gasteiger partial charge < -0.3 is 9.64 Å². The number of aryl methyl sites for hydroxylation is 1. The average molecular weight is 512 g/mol. The van der Waals surface area contributed by atoms with Gasteiger partial charge in [0.05, 0.1) is 35.1 Å². The Morgan fingerprint density at radius 2 is 2.00 bits per heavy atom. The summed E-state index contributed by atoms with van der Waals surface area (Å²) in [4.78, 5) is 22.4. The summed E-state index contributed by atoms with van der Waals surface area (Å²) in [5.41, 5.74) is 3.65. The molecule has 6 rings (SSSR count). The first-order chi connectivity index (χ1) is 17.4. The molecule has 0 saturated carbocycles. The summed E-state index contributed by atoms with van der Waals surface area (Å²) >= 11 is 6.20. The smallest absolute Gasteiger partial charge is 0.258 e. The Morgan fingerprint density at radius 1 is 1.22 bits per heavy atom. The SMILES string of the molecule is CCCCN1[C@H]2CC[C@H]1CC(Oc1cc(F)ccc1C(=O)N1Cc3nn4c(C)c(Cl)cnc4c3C1)C2. The minimum atomic E-state index is -0.399. The van der Waals surface area contributed by atoms with E-state index in [4.69, 9.17) is 16.3 Å². The topological polar surface area (TPSA) is 63.0 Å². The second-order valence-electron chi connectivity index (χ2n) is 10.3. The number of halogens is 2. The van der Waals surface area contributed by atoms with Crippen LogP contribution in [0.2, 0.25) is 5.02 Å². The third kappa shape index (κ3) is 4.04. The molecule has 36 heavy (non-hydrogen) atoms. The fourth-order valence-electron chi connectivity index (χ4n) is 6.17. The van der Waals surface area contributed by atoms with Crippen molar-refractivity contribution in [3.8, 4) is 5.75 Å². The van der Waals surface area contributed by atoms with E-state index < -0.39 is 5.82 Å². The van der Waals surface area contributed by atoms with Crippen molar-refractivity contribution in [3.63, 3.8) is 0 Å². The molecule has 3 aliphatic rings. The Hall–Kier alpha value is -2.71. The molecule has 0 radical (unpaired) electrons. The first-order valence-electron chi connectivity index (χ1n) is 13.0. The lowest BCUT2D eigenvalue weighted by Crippen LogP contribution is -2.46. The third-order valence-corrected chi connectivity index (χ3v) is 8.43. The molecule has 2 bridgehead atoms. The zero-order valence-corrected chi connectivity index (χ0v) is 21.5. The summed E-state index contributed by atoms with van der Waals surface area (Å²) in [7, 11) is 0. The number of aromatic nitrogens is 3. The minimum absolute atomic E-state index is 0.00867. The summed E-state index contributed by atoms with van der Waals surface area (Å²) in [5.74, 6) is -0.245. The summed E-state index contributed by atoms with van der Waals surface area (Å²) < 4.78 is 22.4. The Kier molecular flexibility index (Phi) is 6.12. The highest BCUT2D eigenvalue weighted by Gasteiger charge is 2.41. The molecule has 3 aromatic rings. The molecule has 0 aliphatic carbocycles. The van der Waals surface area contributed by atoms with Crippen molar-refractivity contribution in [1.82, 2.24) is 24.4 Å². The van der Waals surface area contributed by atoms with Crippen molar-refractivity contribution in [3.05, 3.63) is 57.8 Å². The number of benzene rings is 1. The van der Waals surface area contributed by atoms with Crippen LogP contribution in [0.25, 0.3) is 5.65 Å². The number of piperidine rings is 1. The second-order valence-corrected chi connectivity index (χ2v) is 10.7. The number of fused-ring (bicyclic) bond motifs is 5. The monoisotopic (exact) mass is 511 g/mol. The predicted octanol–water partition coefficient (Wildman–Crippen LogP) is 5.16. The van der Waals surface area contributed by atoms with Crippen LogP contribution in [0.1, 0.15) is 72.8 Å². The summed E-state index contributed by atoms with van der Waals surface area (Å²) in [6.45, 7) is 6.02. The largest absolute Gasteiger partial charge is 0.489 e. The van der Waals surface area contributed by atoms with E-state index in [0.29, 0.717) is 47.2 Å². The van der Waals surface area contributed by atoms with Gasteiger partial charge in [-0.05, 0) is 57.7 Å². The van der Waals surface area contributed by atoms with Crippen LogP contribution in [0, 0.1) is 12.7 Å². The van der Waals surface area contributed by atoms with Gasteiger partial charge in [-0.15, -0.1) is 0 Å². The zero-order valence-electron chi connectivity index (χ0n) is 20.7. The molecule has 5 heterocycles. The summed E-state index contributed by atoms with van der Waals surface area (Å²) in [6, 6.07) is 5.27. The highest BCUT2D eigenvalue weighted by atomic mass is 35.5. The molecular weight excluding hydrogens is 481 g/mol. The standard InChI is InChI=1S/C27H31ClFN5O2/c1-3-4-9-33-18-6-7-19(33)12-20(11-18)36-25-10-17(29)5-8-21(25)27(35)32-14-22-24(15-32)31-34-16(2)23(28)13-30-26(22)34/h5,8,10,13,18-20H,3-4,6-7,9,11-12,14-15H2,1-2H3/t18-,19-/m0/s1. The Balaban J connectivity index is 1.20. The summed E-state index contributed by atoms with van der Waals surface area (Å²) in [5, 5.41) is 5.19. The van der Waals surface area contributed by atoms with Gasteiger partial charge in [0.1, 0.15) is 17.7 Å². The molecule has 1 aromatic carbocycles. The molecule has 2 saturated heterocycles. The first kappa shape index (κ1) is 23.7. The Bertz CT molecular complexity index is 1310. The van der Waals surface area contributed by atoms with Gasteiger partial charge in [0, 0.05) is 29.9 Å². The fraction of sp³-hybridized carbons (Fsp3) is 0.519. The molecule has 2 atom stereocenters. The number of unbranched alkanes of at least 4 members (excludes halogenated alkanes) is 1. The minimum Gasteiger partial charge on any atom is -0.489 e. The van der Waals surface area contributed by atoms with Crippen LogP contribution in [0.3, 0.4) is 0 Å². The van der Waals surface area contributed by atoms with E-state index >= 15 is 0 Å².